The largest absolute Gasteiger partial charge is 0.347 e. The molecule has 0 aliphatic heterocycles. The summed E-state index contributed by atoms with van der Waals surface area (Å²) in [5.74, 6) is -1.90. The molecule has 1 heterocycles. The average molecular weight is 543 g/mol. The molecule has 0 radical (unpaired) electrons. The van der Waals surface area contributed by atoms with Gasteiger partial charge in [0.2, 0.25) is 21.7 Å². The minimum atomic E-state index is -4.06. The van der Waals surface area contributed by atoms with Crippen LogP contribution in [0.1, 0.15) is 84.0 Å². The van der Waals surface area contributed by atoms with Crippen LogP contribution in [0.25, 0.3) is 10.9 Å². The van der Waals surface area contributed by atoms with Crippen LogP contribution in [-0.4, -0.2) is 48.6 Å². The zero-order chi connectivity index (χ0) is 27.2. The quantitative estimate of drug-likeness (QED) is 0.372. The molecule has 2 amide bonds. The average Bonchev–Trinajstić information content (AvgIpc) is 3.43. The van der Waals surface area contributed by atoms with Gasteiger partial charge in [0.25, 0.3) is 5.91 Å². The molecule has 3 N–H and O–H groups in total. The van der Waals surface area contributed by atoms with Crippen LogP contribution in [0, 0.1) is 0 Å². The molecule has 2 aliphatic carbocycles. The van der Waals surface area contributed by atoms with Crippen molar-refractivity contribution in [2.75, 3.05) is 0 Å². The number of amides is 2. The van der Waals surface area contributed by atoms with Crippen molar-refractivity contribution in [1.29, 1.82) is 0 Å². The number of carbonyl (C=O) groups is 3. The monoisotopic (exact) mass is 542 g/mol. The molecular formula is C28H38N4O5S. The number of hydrogen-bond donors (Lipinski definition) is 3. The van der Waals surface area contributed by atoms with Gasteiger partial charge < -0.3 is 10.6 Å². The van der Waals surface area contributed by atoms with E-state index in [0.29, 0.717) is 49.4 Å². The van der Waals surface area contributed by atoms with E-state index in [0.717, 1.165) is 38.5 Å². The van der Waals surface area contributed by atoms with Crippen LogP contribution in [0.15, 0.2) is 41.4 Å². The summed E-state index contributed by atoms with van der Waals surface area (Å²) in [6.45, 7) is 1.97. The van der Waals surface area contributed by atoms with E-state index in [1.54, 1.807) is 30.5 Å². The third kappa shape index (κ3) is 6.58. The molecule has 1 unspecified atom stereocenters. The number of benzene rings is 1. The summed E-state index contributed by atoms with van der Waals surface area (Å²) in [5.41, 5.74) is -0.724. The second-order valence-corrected chi connectivity index (χ2v) is 12.3. The number of fused-ring (bicyclic) bond motifs is 1. The zero-order valence-electron chi connectivity index (χ0n) is 22.0. The summed E-state index contributed by atoms with van der Waals surface area (Å²) in [6, 6.07) is 7.16. The Bertz CT molecular complexity index is 1270. The Labute approximate surface area is 224 Å². The van der Waals surface area contributed by atoms with Gasteiger partial charge >= 0.3 is 0 Å². The van der Waals surface area contributed by atoms with Gasteiger partial charge in [-0.2, -0.15) is 4.72 Å². The molecule has 2 aromatic rings. The predicted octanol–water partition coefficient (Wildman–Crippen LogP) is 3.52. The number of ketones is 1. The first kappa shape index (κ1) is 28.2. The van der Waals surface area contributed by atoms with Crippen molar-refractivity contribution in [3.05, 3.63) is 36.5 Å². The van der Waals surface area contributed by atoms with Crippen molar-refractivity contribution < 1.29 is 22.8 Å². The third-order valence-corrected chi connectivity index (χ3v) is 9.27. The first-order valence-electron chi connectivity index (χ1n) is 13.8. The highest BCUT2D eigenvalue weighted by Crippen LogP contribution is 2.31. The molecule has 2 saturated carbocycles. The van der Waals surface area contributed by atoms with Crippen LogP contribution in [0.5, 0.6) is 0 Å². The highest BCUT2D eigenvalue weighted by Gasteiger charge is 2.44. The standard InChI is InChI=1S/C28H38N4O5S/c1-2-3-13-24(25(33)26(34)30-21-11-5-6-12-21)31-27(35)28(16-7-4-8-17-28)32-38(36,37)22-14-15-23-20(19-22)10-9-18-29-23/h9-10,14-15,18-19,21,24,32H,2-8,11-13,16-17H2,1H3,(H,30,34)(H,31,35). The molecule has 2 fully saturated rings. The van der Waals surface area contributed by atoms with Crippen molar-refractivity contribution in [2.24, 2.45) is 0 Å². The third-order valence-electron chi connectivity index (χ3n) is 7.74. The Morgan fingerprint density at radius 2 is 1.79 bits per heavy atom. The minimum Gasteiger partial charge on any atom is -0.347 e. The van der Waals surface area contributed by atoms with E-state index in [4.69, 9.17) is 0 Å². The van der Waals surface area contributed by atoms with Crippen LogP contribution >= 0.6 is 0 Å². The summed E-state index contributed by atoms with van der Waals surface area (Å²) in [5, 5.41) is 6.28. The van der Waals surface area contributed by atoms with Gasteiger partial charge in [0, 0.05) is 17.6 Å². The normalized spacial score (nSPS) is 18.7. The zero-order valence-corrected chi connectivity index (χ0v) is 22.8. The number of carbonyl (C=O) groups excluding carboxylic acids is 3. The van der Waals surface area contributed by atoms with E-state index >= 15 is 0 Å². The van der Waals surface area contributed by atoms with Gasteiger partial charge in [-0.25, -0.2) is 8.42 Å². The molecule has 2 aliphatic rings. The Morgan fingerprint density at radius 3 is 2.50 bits per heavy atom. The first-order valence-corrected chi connectivity index (χ1v) is 15.3. The second kappa shape index (κ2) is 12.3. The molecule has 10 heteroatoms. The first-order chi connectivity index (χ1) is 18.2. The Kier molecular flexibility index (Phi) is 9.15. The highest BCUT2D eigenvalue weighted by atomic mass is 32.2. The molecule has 206 valence electrons. The summed E-state index contributed by atoms with van der Waals surface area (Å²) < 4.78 is 29.7. The molecular weight excluding hydrogens is 504 g/mol. The van der Waals surface area contributed by atoms with Crippen molar-refractivity contribution >= 4 is 38.5 Å². The number of aromatic nitrogens is 1. The van der Waals surface area contributed by atoms with Gasteiger partial charge in [-0.15, -0.1) is 0 Å². The van der Waals surface area contributed by atoms with Gasteiger partial charge in [-0.05, 0) is 56.4 Å². The minimum absolute atomic E-state index is 0.0115. The van der Waals surface area contributed by atoms with E-state index in [-0.39, 0.29) is 10.9 Å². The maximum absolute atomic E-state index is 13.8. The van der Waals surface area contributed by atoms with E-state index < -0.39 is 39.2 Å². The fraction of sp³-hybridized carbons (Fsp3) is 0.571. The highest BCUT2D eigenvalue weighted by molar-refractivity contribution is 7.89. The lowest BCUT2D eigenvalue weighted by Crippen LogP contribution is -2.62. The number of unbranched alkanes of at least 4 members (excludes halogenated alkanes) is 1. The summed E-state index contributed by atoms with van der Waals surface area (Å²) in [6.07, 6.45) is 10.0. The lowest BCUT2D eigenvalue weighted by molar-refractivity contribution is -0.141. The molecule has 1 aromatic heterocycles. The number of nitrogens with zero attached hydrogens (tertiary/aromatic N) is 1. The Hall–Kier alpha value is -2.85. The molecule has 0 spiro atoms. The molecule has 1 atom stereocenters. The number of hydrogen-bond acceptors (Lipinski definition) is 6. The van der Waals surface area contributed by atoms with Crippen LogP contribution in [-0.2, 0) is 24.4 Å². The van der Waals surface area contributed by atoms with Gasteiger partial charge in [0.15, 0.2) is 0 Å². The Morgan fingerprint density at radius 1 is 1.05 bits per heavy atom. The van der Waals surface area contributed by atoms with E-state index in [2.05, 4.69) is 20.3 Å². The van der Waals surface area contributed by atoms with Gasteiger partial charge in [0.1, 0.15) is 5.54 Å². The summed E-state index contributed by atoms with van der Waals surface area (Å²) >= 11 is 0. The molecule has 1 aromatic carbocycles. The van der Waals surface area contributed by atoms with E-state index in [1.807, 2.05) is 6.92 Å². The van der Waals surface area contributed by atoms with E-state index in [9.17, 15) is 22.8 Å². The number of pyridine rings is 1. The lowest BCUT2D eigenvalue weighted by atomic mass is 9.81. The van der Waals surface area contributed by atoms with Crippen molar-refractivity contribution in [2.45, 2.75) is 106 Å². The number of sulfonamides is 1. The SMILES string of the molecule is CCCCC(NC(=O)C1(NS(=O)(=O)c2ccc3ncccc3c2)CCCCC1)C(=O)C(=O)NC1CCCC1. The number of rotatable bonds is 11. The second-order valence-electron chi connectivity index (χ2n) is 10.6. The van der Waals surface area contributed by atoms with Gasteiger partial charge in [0.05, 0.1) is 16.5 Å². The number of Topliss-reactive ketones (excluding diaryl/α,β-unsaturated/α-hetero) is 1. The summed E-state index contributed by atoms with van der Waals surface area (Å²) in [4.78, 5) is 43.9. The van der Waals surface area contributed by atoms with Crippen molar-refractivity contribution in [3.8, 4) is 0 Å². The van der Waals surface area contributed by atoms with Crippen LogP contribution in [0.2, 0.25) is 0 Å². The van der Waals surface area contributed by atoms with Crippen molar-refractivity contribution in [1.82, 2.24) is 20.3 Å². The van der Waals surface area contributed by atoms with E-state index in [1.165, 1.54) is 6.07 Å². The molecule has 4 rings (SSSR count). The summed E-state index contributed by atoms with van der Waals surface area (Å²) in [7, 11) is -4.06. The maximum Gasteiger partial charge on any atom is 0.289 e. The van der Waals surface area contributed by atoms with Crippen molar-refractivity contribution in [3.63, 3.8) is 0 Å². The topological polar surface area (TPSA) is 134 Å². The van der Waals surface area contributed by atoms with Gasteiger partial charge in [-0.1, -0.05) is 57.9 Å². The fourth-order valence-corrected chi connectivity index (χ4v) is 6.98. The molecule has 38 heavy (non-hydrogen) atoms. The smallest absolute Gasteiger partial charge is 0.289 e. The van der Waals surface area contributed by atoms with Crippen LogP contribution in [0.3, 0.4) is 0 Å². The molecule has 0 saturated heterocycles. The van der Waals surface area contributed by atoms with Crippen LogP contribution < -0.4 is 15.4 Å². The number of nitrogens with one attached hydrogen (secondary N) is 3. The predicted molar refractivity (Wildman–Crippen MR) is 145 cm³/mol. The Balaban J connectivity index is 1.55. The fourth-order valence-electron chi connectivity index (χ4n) is 5.53. The maximum atomic E-state index is 13.8. The molecule has 9 nitrogen and oxygen atoms in total. The lowest BCUT2D eigenvalue weighted by Gasteiger charge is -2.37. The molecule has 0 bridgehead atoms. The van der Waals surface area contributed by atoms with Gasteiger partial charge in [-0.3, -0.25) is 19.4 Å². The van der Waals surface area contributed by atoms with Crippen LogP contribution in [0.4, 0.5) is 0 Å².